The fraction of sp³-hybridized carbons (Fsp3) is 0.476. The Bertz CT molecular complexity index is 1040. The lowest BCUT2D eigenvalue weighted by molar-refractivity contribution is -0.384. The summed E-state index contributed by atoms with van der Waals surface area (Å²) in [6.45, 7) is 0.635. The van der Waals surface area contributed by atoms with E-state index in [1.165, 1.54) is 12.1 Å². The molecule has 1 saturated heterocycles. The number of ether oxygens (including phenoxy) is 1. The monoisotopic (exact) mass is 478 g/mol. The number of nitrogens with two attached hydrogens (primary N) is 1. The number of hydroxylamine groups is 1. The van der Waals surface area contributed by atoms with Crippen LogP contribution in [0, 0.1) is 10.1 Å². The highest BCUT2D eigenvalue weighted by molar-refractivity contribution is 6.34. The molecule has 33 heavy (non-hydrogen) atoms. The van der Waals surface area contributed by atoms with Gasteiger partial charge in [0.05, 0.1) is 15.5 Å². The second-order valence-electron chi connectivity index (χ2n) is 8.50. The summed E-state index contributed by atoms with van der Waals surface area (Å²) in [6.07, 6.45) is 4.73. The highest BCUT2D eigenvalue weighted by Crippen LogP contribution is 2.36. The summed E-state index contributed by atoms with van der Waals surface area (Å²) in [5, 5.41) is 10.9. The number of esters is 1. The van der Waals surface area contributed by atoms with Crippen LogP contribution in [0.25, 0.3) is 0 Å². The minimum Gasteiger partial charge on any atom is -0.444 e. The number of nitro benzene ring substituents is 1. The van der Waals surface area contributed by atoms with Crippen LogP contribution in [0.15, 0.2) is 30.0 Å². The van der Waals surface area contributed by atoms with Gasteiger partial charge in [-0.2, -0.15) is 0 Å². The summed E-state index contributed by atoms with van der Waals surface area (Å²) in [7, 11) is 0. The first kappa shape index (κ1) is 23.0. The molecule has 2 fully saturated rings. The van der Waals surface area contributed by atoms with Crippen molar-refractivity contribution in [3.8, 4) is 0 Å². The first-order valence-electron chi connectivity index (χ1n) is 10.6. The Morgan fingerprint density at radius 2 is 1.85 bits per heavy atom. The van der Waals surface area contributed by atoms with Crippen LogP contribution < -0.4 is 11.2 Å². The first-order chi connectivity index (χ1) is 15.6. The fourth-order valence-corrected chi connectivity index (χ4v) is 4.71. The van der Waals surface area contributed by atoms with Crippen LogP contribution >= 0.6 is 11.6 Å². The molecule has 0 atom stereocenters. The van der Waals surface area contributed by atoms with Crippen molar-refractivity contribution in [3.05, 3.63) is 50.7 Å². The molecule has 3 N–H and O–H groups in total. The van der Waals surface area contributed by atoms with Gasteiger partial charge in [0.1, 0.15) is 11.3 Å². The van der Waals surface area contributed by atoms with Gasteiger partial charge in [-0.1, -0.05) is 11.6 Å². The predicted molar refractivity (Wildman–Crippen MR) is 115 cm³/mol. The molecule has 12 heteroatoms. The zero-order valence-electron chi connectivity index (χ0n) is 17.7. The van der Waals surface area contributed by atoms with Crippen molar-refractivity contribution in [2.24, 2.45) is 5.73 Å². The van der Waals surface area contributed by atoms with E-state index >= 15 is 0 Å². The highest BCUT2D eigenvalue weighted by Gasteiger charge is 2.46. The number of benzene rings is 1. The number of amides is 2. The molecule has 0 aromatic heterocycles. The lowest BCUT2D eigenvalue weighted by atomic mass is 9.90. The molecule has 1 aromatic rings. The third kappa shape index (κ3) is 4.38. The Morgan fingerprint density at radius 1 is 1.18 bits per heavy atom. The van der Waals surface area contributed by atoms with E-state index in [1.54, 1.807) is 11.0 Å². The van der Waals surface area contributed by atoms with Crippen molar-refractivity contribution in [2.75, 3.05) is 13.1 Å². The quantitative estimate of drug-likeness (QED) is 0.370. The van der Waals surface area contributed by atoms with E-state index in [0.717, 1.165) is 18.9 Å². The predicted octanol–water partition coefficient (Wildman–Crippen LogP) is 1.98. The minimum absolute atomic E-state index is 0.00786. The van der Waals surface area contributed by atoms with Gasteiger partial charge in [-0.25, -0.2) is 4.79 Å². The zero-order chi connectivity index (χ0) is 23.8. The number of nitro groups is 1. The molecule has 0 unspecified atom stereocenters. The van der Waals surface area contributed by atoms with Crippen LogP contribution in [-0.4, -0.2) is 51.9 Å². The lowest BCUT2D eigenvalue weighted by Crippen LogP contribution is -2.46. The number of piperidine rings is 1. The molecule has 4 rings (SSSR count). The van der Waals surface area contributed by atoms with E-state index < -0.39 is 28.0 Å². The number of halogens is 1. The van der Waals surface area contributed by atoms with Crippen LogP contribution in [0.3, 0.4) is 0 Å². The van der Waals surface area contributed by atoms with E-state index in [-0.39, 0.29) is 27.9 Å². The third-order valence-electron chi connectivity index (χ3n) is 6.43. The topological polar surface area (TPSA) is 154 Å². The number of nitrogens with zero attached hydrogens (tertiary/aromatic N) is 2. The number of nitrogens with one attached hydrogen (secondary N) is 1. The Labute approximate surface area is 193 Å². The zero-order valence-corrected chi connectivity index (χ0v) is 18.4. The maximum absolute atomic E-state index is 12.9. The summed E-state index contributed by atoms with van der Waals surface area (Å²) in [6, 6.07) is 3.72. The maximum atomic E-state index is 12.9. The smallest absolute Gasteiger partial charge is 0.357 e. The van der Waals surface area contributed by atoms with Gasteiger partial charge >= 0.3 is 5.97 Å². The number of non-ortho nitro benzene ring substituents is 1. The van der Waals surface area contributed by atoms with Gasteiger partial charge in [-0.3, -0.25) is 30.0 Å². The molecule has 1 spiro atoms. The molecule has 11 nitrogen and oxygen atoms in total. The second-order valence-corrected chi connectivity index (χ2v) is 8.90. The molecule has 1 aromatic carbocycles. The van der Waals surface area contributed by atoms with Gasteiger partial charge < -0.3 is 15.4 Å². The number of primary amides is 1. The van der Waals surface area contributed by atoms with Crippen molar-refractivity contribution in [2.45, 2.75) is 49.7 Å². The number of rotatable bonds is 5. The Hall–Kier alpha value is -3.18. The molecular formula is C21H23ClN4O7. The van der Waals surface area contributed by atoms with Crippen molar-refractivity contribution in [3.63, 3.8) is 0 Å². The summed E-state index contributed by atoms with van der Waals surface area (Å²) < 4.78 is 5.48. The molecule has 2 aliphatic heterocycles. The van der Waals surface area contributed by atoms with Crippen molar-refractivity contribution < 1.29 is 28.9 Å². The Balaban J connectivity index is 1.40. The van der Waals surface area contributed by atoms with Gasteiger partial charge in [0, 0.05) is 38.1 Å². The van der Waals surface area contributed by atoms with Crippen LogP contribution in [0.4, 0.5) is 5.69 Å². The SMILES string of the molecule is NC(=O)C1(OC(=O)C2=CC3(CCN(C(=O)c4ccc([N+](=O)[O-])cc4Cl)CC3)ON2)CCCC1. The molecule has 1 aliphatic carbocycles. The van der Waals surface area contributed by atoms with Crippen molar-refractivity contribution in [1.29, 1.82) is 0 Å². The number of likely N-dealkylation sites (tertiary alicyclic amines) is 1. The second kappa shape index (κ2) is 8.64. The van der Waals surface area contributed by atoms with Crippen LogP contribution in [-0.2, 0) is 19.2 Å². The van der Waals surface area contributed by atoms with Gasteiger partial charge in [0.25, 0.3) is 17.5 Å². The number of hydrogen-bond donors (Lipinski definition) is 2. The van der Waals surface area contributed by atoms with Crippen molar-refractivity contribution >= 4 is 35.1 Å². The molecule has 0 bridgehead atoms. The van der Waals surface area contributed by atoms with Crippen LogP contribution in [0.1, 0.15) is 48.9 Å². The standard InChI is InChI=1S/C21H23ClN4O7/c22-15-11-13(26(30)31)3-4-14(15)17(27)25-9-7-20(8-10-25)12-16(24-33-20)18(28)32-21(19(23)29)5-1-2-6-21/h3-4,11-12,24H,1-2,5-10H2,(H2,23,29). The van der Waals surface area contributed by atoms with Gasteiger partial charge in [0.2, 0.25) is 0 Å². The Kier molecular flexibility index (Phi) is 6.02. The average Bonchev–Trinajstić information content (AvgIpc) is 3.42. The number of carbonyl (C=O) groups excluding carboxylic acids is 3. The average molecular weight is 479 g/mol. The van der Waals surface area contributed by atoms with Gasteiger partial charge in [0.15, 0.2) is 5.60 Å². The molecule has 2 heterocycles. The number of hydrogen-bond acceptors (Lipinski definition) is 8. The van der Waals surface area contributed by atoms with Crippen molar-refractivity contribution in [1.82, 2.24) is 10.4 Å². The van der Waals surface area contributed by atoms with Gasteiger partial charge in [-0.05, 0) is 37.8 Å². The highest BCUT2D eigenvalue weighted by atomic mass is 35.5. The molecule has 2 amide bonds. The Morgan fingerprint density at radius 3 is 2.42 bits per heavy atom. The molecule has 0 radical (unpaired) electrons. The lowest BCUT2D eigenvalue weighted by Gasteiger charge is -2.36. The molecule has 3 aliphatic rings. The maximum Gasteiger partial charge on any atom is 0.357 e. The fourth-order valence-electron chi connectivity index (χ4n) is 4.45. The van der Waals surface area contributed by atoms with E-state index in [2.05, 4.69) is 5.48 Å². The van der Waals surface area contributed by atoms with E-state index in [0.29, 0.717) is 38.8 Å². The normalized spacial score (nSPS) is 20.8. The first-order valence-corrected chi connectivity index (χ1v) is 11.0. The minimum atomic E-state index is -1.28. The summed E-state index contributed by atoms with van der Waals surface area (Å²) in [4.78, 5) is 54.9. The largest absolute Gasteiger partial charge is 0.444 e. The van der Waals surface area contributed by atoms with E-state index in [4.69, 9.17) is 26.9 Å². The van der Waals surface area contributed by atoms with E-state index in [1.807, 2.05) is 0 Å². The number of carbonyl (C=O) groups is 3. The van der Waals surface area contributed by atoms with E-state index in [9.17, 15) is 24.5 Å². The summed E-state index contributed by atoms with van der Waals surface area (Å²) in [5.41, 5.74) is 6.06. The molecule has 1 saturated carbocycles. The third-order valence-corrected chi connectivity index (χ3v) is 6.74. The van der Waals surface area contributed by atoms with Gasteiger partial charge in [-0.15, -0.1) is 0 Å². The molecular weight excluding hydrogens is 456 g/mol. The van der Waals surface area contributed by atoms with Crippen LogP contribution in [0.5, 0.6) is 0 Å². The van der Waals surface area contributed by atoms with Crippen LogP contribution in [0.2, 0.25) is 5.02 Å². The molecule has 176 valence electrons. The summed E-state index contributed by atoms with van der Waals surface area (Å²) >= 11 is 6.08. The summed E-state index contributed by atoms with van der Waals surface area (Å²) in [5.74, 6) is -1.70.